The van der Waals surface area contributed by atoms with Crippen molar-refractivity contribution >= 4 is 22.5 Å². The lowest BCUT2D eigenvalue weighted by Gasteiger charge is -2.18. The molecule has 0 aliphatic heterocycles. The molecule has 1 amide bonds. The fourth-order valence-electron chi connectivity index (χ4n) is 2.70. The molecule has 26 heavy (non-hydrogen) atoms. The maximum absolute atomic E-state index is 10.8. The van der Waals surface area contributed by atoms with Crippen LogP contribution in [0.15, 0.2) is 54.7 Å². The van der Waals surface area contributed by atoms with Gasteiger partial charge in [-0.1, -0.05) is 12.1 Å². The summed E-state index contributed by atoms with van der Waals surface area (Å²) in [5, 5.41) is 4.54. The van der Waals surface area contributed by atoms with Gasteiger partial charge in [0.1, 0.15) is 11.5 Å². The van der Waals surface area contributed by atoms with Crippen LogP contribution in [0.4, 0.5) is 5.69 Å². The Balaban J connectivity index is 1.76. The highest BCUT2D eigenvalue weighted by Crippen LogP contribution is 2.28. The lowest BCUT2D eigenvalue weighted by Crippen LogP contribution is -2.20. The van der Waals surface area contributed by atoms with Crippen molar-refractivity contribution in [1.82, 2.24) is 4.98 Å². The monoisotopic (exact) mass is 351 g/mol. The minimum Gasteiger partial charge on any atom is -0.497 e. The zero-order chi connectivity index (χ0) is 18.5. The fraction of sp³-hybridized carbons (Fsp3) is 0.200. The number of benzene rings is 2. The number of nitrogens with one attached hydrogen (secondary N) is 1. The van der Waals surface area contributed by atoms with E-state index in [9.17, 15) is 4.79 Å². The molecule has 0 radical (unpaired) electrons. The topological polar surface area (TPSA) is 86.5 Å². The average Bonchev–Trinajstić information content (AvgIpc) is 2.66. The van der Waals surface area contributed by atoms with Crippen LogP contribution in [0, 0.1) is 0 Å². The molecule has 134 valence electrons. The van der Waals surface area contributed by atoms with Crippen LogP contribution in [0.3, 0.4) is 0 Å². The molecule has 1 atom stereocenters. The van der Waals surface area contributed by atoms with E-state index in [0.29, 0.717) is 5.75 Å². The number of amides is 1. The van der Waals surface area contributed by atoms with E-state index in [-0.39, 0.29) is 12.6 Å². The number of nitrogens with two attached hydrogens (primary N) is 1. The van der Waals surface area contributed by atoms with Crippen molar-refractivity contribution in [2.24, 2.45) is 5.73 Å². The van der Waals surface area contributed by atoms with Crippen molar-refractivity contribution in [3.63, 3.8) is 0 Å². The summed E-state index contributed by atoms with van der Waals surface area (Å²) in [5.41, 5.74) is 8.04. The maximum Gasteiger partial charge on any atom is 0.255 e. The van der Waals surface area contributed by atoms with Gasteiger partial charge in [0, 0.05) is 29.4 Å². The standard InChI is InChI=1S/C20H21N3O3/c1-13(14-3-5-15(6-4-14)26-12-20(21)24)23-18-9-10-22-19-11-16(25-2)7-8-17(18)19/h3-11,13H,12H2,1-2H3,(H2,21,24)(H,22,23). The molecule has 3 N–H and O–H groups in total. The van der Waals surface area contributed by atoms with Crippen LogP contribution >= 0.6 is 0 Å². The van der Waals surface area contributed by atoms with E-state index < -0.39 is 5.91 Å². The Kier molecular flexibility index (Phi) is 5.22. The summed E-state index contributed by atoms with van der Waals surface area (Å²) in [6.45, 7) is 1.95. The van der Waals surface area contributed by atoms with Crippen LogP contribution in [-0.2, 0) is 4.79 Å². The highest BCUT2D eigenvalue weighted by atomic mass is 16.5. The second kappa shape index (κ2) is 7.74. The molecule has 0 spiro atoms. The van der Waals surface area contributed by atoms with Gasteiger partial charge in [-0.2, -0.15) is 0 Å². The molecular formula is C20H21N3O3. The quantitative estimate of drug-likeness (QED) is 0.682. The molecule has 0 saturated carbocycles. The van der Waals surface area contributed by atoms with Gasteiger partial charge in [0.15, 0.2) is 6.61 Å². The second-order valence-corrected chi connectivity index (χ2v) is 5.93. The predicted octanol–water partition coefficient (Wildman–Crippen LogP) is 3.28. The minimum atomic E-state index is -0.495. The average molecular weight is 351 g/mol. The van der Waals surface area contributed by atoms with Crippen LogP contribution in [0.5, 0.6) is 11.5 Å². The van der Waals surface area contributed by atoms with Crippen molar-refractivity contribution in [1.29, 1.82) is 0 Å². The van der Waals surface area contributed by atoms with Gasteiger partial charge >= 0.3 is 0 Å². The Bertz CT molecular complexity index is 910. The molecule has 0 aliphatic rings. The molecule has 1 unspecified atom stereocenters. The number of ether oxygens (including phenoxy) is 2. The molecule has 0 aliphatic carbocycles. The third kappa shape index (κ3) is 4.03. The van der Waals surface area contributed by atoms with Gasteiger partial charge in [-0.15, -0.1) is 0 Å². The first-order chi connectivity index (χ1) is 12.6. The Labute approximate surface area is 151 Å². The predicted molar refractivity (Wildman–Crippen MR) is 101 cm³/mol. The number of methoxy groups -OCH3 is 1. The van der Waals surface area contributed by atoms with Crippen molar-refractivity contribution in [2.75, 3.05) is 19.0 Å². The molecule has 1 heterocycles. The molecule has 0 fully saturated rings. The van der Waals surface area contributed by atoms with Gasteiger partial charge in [-0.25, -0.2) is 0 Å². The lowest BCUT2D eigenvalue weighted by atomic mass is 10.1. The molecule has 1 aromatic heterocycles. The van der Waals surface area contributed by atoms with E-state index in [2.05, 4.69) is 17.2 Å². The zero-order valence-corrected chi connectivity index (χ0v) is 14.7. The summed E-state index contributed by atoms with van der Waals surface area (Å²) >= 11 is 0. The van der Waals surface area contributed by atoms with Crippen LogP contribution in [0.25, 0.3) is 10.9 Å². The van der Waals surface area contributed by atoms with E-state index >= 15 is 0 Å². The van der Waals surface area contributed by atoms with Gasteiger partial charge < -0.3 is 20.5 Å². The Morgan fingerprint density at radius 2 is 1.88 bits per heavy atom. The number of pyridine rings is 1. The third-order valence-corrected chi connectivity index (χ3v) is 4.08. The van der Waals surface area contributed by atoms with E-state index in [1.165, 1.54) is 0 Å². The molecule has 6 nitrogen and oxygen atoms in total. The van der Waals surface area contributed by atoms with Crippen LogP contribution in [-0.4, -0.2) is 24.6 Å². The number of primary amides is 1. The number of carbonyl (C=O) groups excluding carboxylic acids is 1. The number of rotatable bonds is 7. The largest absolute Gasteiger partial charge is 0.497 e. The third-order valence-electron chi connectivity index (χ3n) is 4.08. The summed E-state index contributed by atoms with van der Waals surface area (Å²) < 4.78 is 10.5. The van der Waals surface area contributed by atoms with E-state index in [1.54, 1.807) is 13.3 Å². The number of aromatic nitrogens is 1. The minimum absolute atomic E-state index is 0.0768. The first-order valence-corrected chi connectivity index (χ1v) is 8.27. The number of fused-ring (bicyclic) bond motifs is 1. The SMILES string of the molecule is COc1ccc2c(NC(C)c3ccc(OCC(N)=O)cc3)ccnc2c1. The normalized spacial score (nSPS) is 11.8. The molecule has 3 aromatic rings. The van der Waals surface area contributed by atoms with Crippen LogP contribution in [0.1, 0.15) is 18.5 Å². The van der Waals surface area contributed by atoms with Gasteiger partial charge in [0.05, 0.1) is 12.6 Å². The zero-order valence-electron chi connectivity index (χ0n) is 14.7. The number of hydrogen-bond donors (Lipinski definition) is 2. The summed E-state index contributed by atoms with van der Waals surface area (Å²) in [6.07, 6.45) is 1.78. The van der Waals surface area contributed by atoms with Crippen molar-refractivity contribution in [3.05, 3.63) is 60.3 Å². The molecule has 2 aromatic carbocycles. The number of anilines is 1. The van der Waals surface area contributed by atoms with E-state index in [1.807, 2.05) is 48.5 Å². The fourth-order valence-corrected chi connectivity index (χ4v) is 2.70. The maximum atomic E-state index is 10.8. The Morgan fingerprint density at radius 1 is 1.15 bits per heavy atom. The highest BCUT2D eigenvalue weighted by Gasteiger charge is 2.09. The first kappa shape index (κ1) is 17.5. The van der Waals surface area contributed by atoms with Gasteiger partial charge in [-0.3, -0.25) is 9.78 Å². The summed E-state index contributed by atoms with van der Waals surface area (Å²) in [4.78, 5) is 15.2. The van der Waals surface area contributed by atoms with Crippen LogP contribution in [0.2, 0.25) is 0 Å². The number of carbonyl (C=O) groups is 1. The highest BCUT2D eigenvalue weighted by molar-refractivity contribution is 5.92. The molecule has 3 rings (SSSR count). The van der Waals surface area contributed by atoms with Crippen LogP contribution < -0.4 is 20.5 Å². The van der Waals surface area contributed by atoms with E-state index in [0.717, 1.165) is 27.9 Å². The van der Waals surface area contributed by atoms with E-state index in [4.69, 9.17) is 15.2 Å². The smallest absolute Gasteiger partial charge is 0.255 e. The molecular weight excluding hydrogens is 330 g/mol. The van der Waals surface area contributed by atoms with Gasteiger partial charge in [0.25, 0.3) is 5.91 Å². The van der Waals surface area contributed by atoms with Gasteiger partial charge in [0.2, 0.25) is 0 Å². The van der Waals surface area contributed by atoms with Gasteiger partial charge in [-0.05, 0) is 42.8 Å². The second-order valence-electron chi connectivity index (χ2n) is 5.93. The molecule has 0 bridgehead atoms. The van der Waals surface area contributed by atoms with Crippen molar-refractivity contribution in [2.45, 2.75) is 13.0 Å². The molecule has 6 heteroatoms. The summed E-state index contributed by atoms with van der Waals surface area (Å²) in [5.74, 6) is 0.897. The van der Waals surface area contributed by atoms with Crippen molar-refractivity contribution in [3.8, 4) is 11.5 Å². The number of nitrogens with zero attached hydrogens (tertiary/aromatic N) is 1. The Hall–Kier alpha value is -3.28. The number of hydrogen-bond acceptors (Lipinski definition) is 5. The summed E-state index contributed by atoms with van der Waals surface area (Å²) in [7, 11) is 1.64. The van der Waals surface area contributed by atoms with Crippen molar-refractivity contribution < 1.29 is 14.3 Å². The summed E-state index contributed by atoms with van der Waals surface area (Å²) in [6, 6.07) is 15.4. The Morgan fingerprint density at radius 3 is 2.58 bits per heavy atom. The molecule has 0 saturated heterocycles. The first-order valence-electron chi connectivity index (χ1n) is 8.27. The lowest BCUT2D eigenvalue weighted by molar-refractivity contribution is -0.119.